The van der Waals surface area contributed by atoms with Gasteiger partial charge in [-0.3, -0.25) is 0 Å². The lowest BCUT2D eigenvalue weighted by atomic mass is 9.33. The third-order valence-corrected chi connectivity index (χ3v) is 12.1. The lowest BCUT2D eigenvalue weighted by Gasteiger charge is -2.44. The van der Waals surface area contributed by atoms with Gasteiger partial charge in [-0.15, -0.1) is 0 Å². The minimum absolute atomic E-state index is 0.0348. The Hall–Kier alpha value is -7.56. The SMILES string of the molecule is C=C/C=C\C(=C/C)c1ccc(N(c2ccc(-c3ccccc3)cc2)c2ccc3c(c2)N(c2ccccc2)c2cccc4c2B3c2cc(C)ccc2N4c2ccc(C)cc2)cc1. The van der Waals surface area contributed by atoms with E-state index >= 15 is 0 Å². The molecule has 10 rings (SSSR count). The molecule has 0 saturated heterocycles. The fourth-order valence-corrected chi connectivity index (χ4v) is 9.22. The maximum absolute atomic E-state index is 3.88. The minimum Gasteiger partial charge on any atom is -0.311 e. The lowest BCUT2D eigenvalue weighted by molar-refractivity contribution is 1.23. The average Bonchev–Trinajstić information content (AvgIpc) is 3.31. The van der Waals surface area contributed by atoms with Gasteiger partial charge in [0, 0.05) is 51.2 Å². The molecular weight excluding hydrogens is 737 g/mol. The fraction of sp³-hybridized carbons (Fsp3) is 0.0526. The van der Waals surface area contributed by atoms with E-state index in [4.69, 9.17) is 0 Å². The van der Waals surface area contributed by atoms with E-state index < -0.39 is 0 Å². The van der Waals surface area contributed by atoms with Crippen molar-refractivity contribution in [2.45, 2.75) is 20.8 Å². The molecular formula is C57H46BN3. The van der Waals surface area contributed by atoms with Crippen molar-refractivity contribution in [3.8, 4) is 11.1 Å². The van der Waals surface area contributed by atoms with Gasteiger partial charge in [-0.2, -0.15) is 0 Å². The minimum atomic E-state index is 0.0348. The highest BCUT2D eigenvalue weighted by Crippen LogP contribution is 2.46. The Morgan fingerprint density at radius 2 is 1.10 bits per heavy atom. The summed E-state index contributed by atoms with van der Waals surface area (Å²) in [4.78, 5) is 7.33. The van der Waals surface area contributed by atoms with Gasteiger partial charge in [-0.25, -0.2) is 0 Å². The van der Waals surface area contributed by atoms with E-state index in [-0.39, 0.29) is 6.71 Å². The van der Waals surface area contributed by atoms with Crippen molar-refractivity contribution in [3.63, 3.8) is 0 Å². The molecule has 0 unspecified atom stereocenters. The van der Waals surface area contributed by atoms with Crippen LogP contribution >= 0.6 is 0 Å². The number of aryl methyl sites for hydroxylation is 2. The molecule has 0 spiro atoms. The number of hydrogen-bond donors (Lipinski definition) is 0. The van der Waals surface area contributed by atoms with Crippen LogP contribution in [0.25, 0.3) is 16.7 Å². The summed E-state index contributed by atoms with van der Waals surface area (Å²) in [6.07, 6.45) is 8.06. The summed E-state index contributed by atoms with van der Waals surface area (Å²) in [7, 11) is 0. The molecule has 0 amide bonds. The first-order valence-corrected chi connectivity index (χ1v) is 21.1. The fourth-order valence-electron chi connectivity index (χ4n) is 9.22. The highest BCUT2D eigenvalue weighted by molar-refractivity contribution is 7.00. The summed E-state index contributed by atoms with van der Waals surface area (Å²) < 4.78 is 0. The van der Waals surface area contributed by atoms with E-state index in [1.54, 1.807) is 0 Å². The first kappa shape index (κ1) is 37.7. The lowest BCUT2D eigenvalue weighted by Crippen LogP contribution is -2.61. The van der Waals surface area contributed by atoms with Crippen molar-refractivity contribution in [2.75, 3.05) is 14.7 Å². The van der Waals surface area contributed by atoms with Crippen molar-refractivity contribution in [1.29, 1.82) is 0 Å². The Morgan fingerprint density at radius 1 is 0.508 bits per heavy atom. The van der Waals surface area contributed by atoms with Gasteiger partial charge in [-0.1, -0.05) is 151 Å². The van der Waals surface area contributed by atoms with E-state index in [1.807, 2.05) is 12.2 Å². The predicted octanol–water partition coefficient (Wildman–Crippen LogP) is 13.7. The topological polar surface area (TPSA) is 9.72 Å². The molecule has 0 N–H and O–H groups in total. The number of rotatable bonds is 9. The van der Waals surface area contributed by atoms with Crippen LogP contribution in [-0.2, 0) is 0 Å². The van der Waals surface area contributed by atoms with Crippen LogP contribution in [0.5, 0.6) is 0 Å². The van der Waals surface area contributed by atoms with Crippen LogP contribution in [0.1, 0.15) is 23.6 Å². The summed E-state index contributed by atoms with van der Waals surface area (Å²) in [5.41, 5.74) is 21.4. The largest absolute Gasteiger partial charge is 0.311 e. The first-order chi connectivity index (χ1) is 30.0. The number of benzene rings is 8. The second-order valence-electron chi connectivity index (χ2n) is 15.9. The molecule has 8 aromatic carbocycles. The Morgan fingerprint density at radius 3 is 1.77 bits per heavy atom. The van der Waals surface area contributed by atoms with Crippen LogP contribution in [0.3, 0.4) is 0 Å². The van der Waals surface area contributed by atoms with Gasteiger partial charge >= 0.3 is 0 Å². The molecule has 0 aliphatic carbocycles. The second kappa shape index (κ2) is 15.9. The zero-order valence-corrected chi connectivity index (χ0v) is 34.8. The normalized spacial score (nSPS) is 12.8. The van der Waals surface area contributed by atoms with Gasteiger partial charge in [0.1, 0.15) is 0 Å². The molecule has 292 valence electrons. The van der Waals surface area contributed by atoms with Gasteiger partial charge in [0.2, 0.25) is 0 Å². The smallest absolute Gasteiger partial charge is 0.252 e. The molecule has 0 atom stereocenters. The van der Waals surface area contributed by atoms with Crippen molar-refractivity contribution in [1.82, 2.24) is 0 Å². The third kappa shape index (κ3) is 6.77. The number of allylic oxidation sites excluding steroid dienone is 5. The standard InChI is InChI=1S/C57H46BN3/c1-5-7-15-42(6-2)44-25-31-47(32-26-44)59(48-33-27-45(28-34-48)43-16-10-8-11-17-43)50-35-36-51-56(39-50)61(46-18-12-9-13-19-46)55-21-14-20-54-57(55)58(51)52-38-41(4)24-37-53(52)60(54)49-29-22-40(3)23-30-49/h5-39H,1H2,2-4H3/b15-7-,42-6+. The molecule has 61 heavy (non-hydrogen) atoms. The van der Waals surface area contributed by atoms with E-state index in [0.717, 1.165) is 39.6 Å². The Bertz CT molecular complexity index is 2950. The van der Waals surface area contributed by atoms with Crippen LogP contribution in [-0.4, -0.2) is 6.71 Å². The maximum Gasteiger partial charge on any atom is 0.252 e. The van der Waals surface area contributed by atoms with Gasteiger partial charge in [-0.05, 0) is 138 Å². The van der Waals surface area contributed by atoms with Crippen molar-refractivity contribution < 1.29 is 0 Å². The molecule has 3 nitrogen and oxygen atoms in total. The second-order valence-corrected chi connectivity index (χ2v) is 15.9. The molecule has 0 bridgehead atoms. The van der Waals surface area contributed by atoms with Crippen molar-refractivity contribution in [3.05, 3.63) is 236 Å². The number of para-hydroxylation sites is 1. The summed E-state index contributed by atoms with van der Waals surface area (Å²) in [6, 6.07) is 69.2. The van der Waals surface area contributed by atoms with Crippen molar-refractivity contribution >= 4 is 79.9 Å². The highest BCUT2D eigenvalue weighted by atomic mass is 15.2. The van der Waals surface area contributed by atoms with Gasteiger partial charge in [0.25, 0.3) is 6.71 Å². The molecule has 4 heteroatoms. The van der Waals surface area contributed by atoms with E-state index in [2.05, 4.69) is 242 Å². The monoisotopic (exact) mass is 783 g/mol. The van der Waals surface area contributed by atoms with Crippen LogP contribution in [0.2, 0.25) is 0 Å². The van der Waals surface area contributed by atoms with Crippen LogP contribution in [0.4, 0.5) is 51.2 Å². The Kier molecular flexibility index (Phi) is 9.82. The molecule has 0 radical (unpaired) electrons. The highest BCUT2D eigenvalue weighted by Gasteiger charge is 2.43. The quantitative estimate of drug-likeness (QED) is 0.107. The number of anilines is 9. The number of nitrogens with zero attached hydrogens (tertiary/aromatic N) is 3. The number of hydrogen-bond acceptors (Lipinski definition) is 3. The average molecular weight is 784 g/mol. The molecule has 0 saturated carbocycles. The zero-order valence-electron chi connectivity index (χ0n) is 34.8. The van der Waals surface area contributed by atoms with Crippen molar-refractivity contribution in [2.24, 2.45) is 0 Å². The molecule has 2 aliphatic heterocycles. The van der Waals surface area contributed by atoms with Gasteiger partial charge in [0.05, 0.1) is 0 Å². The van der Waals surface area contributed by atoms with Crippen LogP contribution in [0, 0.1) is 13.8 Å². The maximum atomic E-state index is 3.88. The Labute approximate surface area is 360 Å². The summed E-state index contributed by atoms with van der Waals surface area (Å²) in [6.45, 7) is 10.4. The predicted molar refractivity (Wildman–Crippen MR) is 263 cm³/mol. The number of fused-ring (bicyclic) bond motifs is 4. The van der Waals surface area contributed by atoms with E-state index in [0.29, 0.717) is 0 Å². The first-order valence-electron chi connectivity index (χ1n) is 21.1. The third-order valence-electron chi connectivity index (χ3n) is 12.1. The van der Waals surface area contributed by atoms with E-state index in [1.165, 1.54) is 61.4 Å². The molecule has 8 aromatic rings. The van der Waals surface area contributed by atoms with Crippen LogP contribution in [0.15, 0.2) is 219 Å². The molecule has 2 aliphatic rings. The van der Waals surface area contributed by atoms with Gasteiger partial charge in [0.15, 0.2) is 0 Å². The van der Waals surface area contributed by atoms with Gasteiger partial charge < -0.3 is 14.7 Å². The van der Waals surface area contributed by atoms with Crippen LogP contribution < -0.4 is 31.1 Å². The summed E-state index contributed by atoms with van der Waals surface area (Å²) in [5, 5.41) is 0. The zero-order chi connectivity index (χ0) is 41.5. The molecule has 0 aromatic heterocycles. The molecule has 0 fully saturated rings. The summed E-state index contributed by atoms with van der Waals surface area (Å²) >= 11 is 0. The Balaban J connectivity index is 1.18. The van der Waals surface area contributed by atoms with E-state index in [9.17, 15) is 0 Å². The summed E-state index contributed by atoms with van der Waals surface area (Å²) in [5.74, 6) is 0. The molecule has 2 heterocycles.